The van der Waals surface area contributed by atoms with E-state index in [1.165, 1.54) is 24.3 Å². The first kappa shape index (κ1) is 18.6. The Morgan fingerprint density at radius 1 is 1.07 bits per heavy atom. The maximum atomic E-state index is 12.6. The van der Waals surface area contributed by atoms with Gasteiger partial charge in [-0.1, -0.05) is 41.9 Å². The summed E-state index contributed by atoms with van der Waals surface area (Å²) in [7, 11) is 0. The van der Waals surface area contributed by atoms with Gasteiger partial charge in [-0.15, -0.1) is 0 Å². The van der Waals surface area contributed by atoms with E-state index in [-0.39, 0.29) is 17.0 Å². The van der Waals surface area contributed by atoms with Gasteiger partial charge in [0.15, 0.2) is 5.78 Å². The van der Waals surface area contributed by atoms with Crippen LogP contribution in [-0.2, 0) is 0 Å². The molecule has 29 heavy (non-hydrogen) atoms. The van der Waals surface area contributed by atoms with E-state index in [9.17, 15) is 14.9 Å². The van der Waals surface area contributed by atoms with Gasteiger partial charge >= 0.3 is 0 Å². The van der Waals surface area contributed by atoms with E-state index in [0.717, 1.165) is 16.9 Å². The number of pyridine rings is 1. The number of carbonyl (C=O) groups is 1. The smallest absolute Gasteiger partial charge is 0.270 e. The number of nitrogens with zero attached hydrogens (tertiary/aromatic N) is 3. The molecule has 7 heteroatoms. The maximum Gasteiger partial charge on any atom is 0.270 e. The molecule has 0 saturated carbocycles. The van der Waals surface area contributed by atoms with Gasteiger partial charge in [-0.3, -0.25) is 19.3 Å². The topological polar surface area (TPSA) is 77.5 Å². The highest BCUT2D eigenvalue weighted by molar-refractivity contribution is 6.30. The zero-order valence-electron chi connectivity index (χ0n) is 15.0. The van der Waals surface area contributed by atoms with Crippen molar-refractivity contribution in [1.82, 2.24) is 9.38 Å². The van der Waals surface area contributed by atoms with Gasteiger partial charge in [0, 0.05) is 34.5 Å². The first-order valence-corrected chi connectivity index (χ1v) is 9.10. The predicted octanol–water partition coefficient (Wildman–Crippen LogP) is 5.46. The van der Waals surface area contributed by atoms with Crippen molar-refractivity contribution in [2.45, 2.75) is 0 Å². The van der Waals surface area contributed by atoms with Crippen molar-refractivity contribution in [3.8, 4) is 11.3 Å². The first-order valence-electron chi connectivity index (χ1n) is 8.73. The number of allylic oxidation sites excluding steroid dienone is 1. The van der Waals surface area contributed by atoms with Gasteiger partial charge in [-0.25, -0.2) is 4.98 Å². The number of benzene rings is 2. The predicted molar refractivity (Wildman–Crippen MR) is 112 cm³/mol. The van der Waals surface area contributed by atoms with Crippen LogP contribution in [0.5, 0.6) is 0 Å². The highest BCUT2D eigenvalue weighted by atomic mass is 35.5. The Hall–Kier alpha value is -3.77. The van der Waals surface area contributed by atoms with Gasteiger partial charge in [0.2, 0.25) is 0 Å². The number of nitro groups is 1. The Morgan fingerprint density at radius 3 is 2.62 bits per heavy atom. The first-order chi connectivity index (χ1) is 14.0. The van der Waals surface area contributed by atoms with E-state index >= 15 is 0 Å². The van der Waals surface area contributed by atoms with Crippen molar-refractivity contribution in [1.29, 1.82) is 0 Å². The second-order valence-electron chi connectivity index (χ2n) is 6.29. The lowest BCUT2D eigenvalue weighted by atomic mass is 10.1. The number of hydrogen-bond donors (Lipinski definition) is 0. The Kier molecular flexibility index (Phi) is 4.93. The van der Waals surface area contributed by atoms with Gasteiger partial charge in [0.25, 0.3) is 5.69 Å². The lowest BCUT2D eigenvalue weighted by molar-refractivity contribution is -0.384. The average molecular weight is 404 g/mol. The summed E-state index contributed by atoms with van der Waals surface area (Å²) >= 11 is 5.99. The minimum Gasteiger partial charge on any atom is -0.300 e. The zero-order chi connectivity index (χ0) is 20.4. The van der Waals surface area contributed by atoms with Crippen LogP contribution in [0, 0.1) is 10.1 Å². The largest absolute Gasteiger partial charge is 0.300 e. The lowest BCUT2D eigenvalue weighted by Crippen LogP contribution is -1.97. The highest BCUT2D eigenvalue weighted by Gasteiger charge is 2.13. The number of ketones is 1. The van der Waals surface area contributed by atoms with Crippen LogP contribution >= 0.6 is 11.6 Å². The van der Waals surface area contributed by atoms with Gasteiger partial charge in [-0.05, 0) is 36.4 Å². The van der Waals surface area contributed by atoms with Crippen molar-refractivity contribution in [2.75, 3.05) is 0 Å². The standard InChI is InChI=1S/C22H14ClN3O3/c23-17-9-7-15(8-10-17)22-19(25-13-2-1-6-21(25)24-22)11-12-20(27)16-4-3-5-18(14-16)26(28)29/h1-14H/b12-11+. The third-order valence-corrected chi connectivity index (χ3v) is 4.67. The van der Waals surface area contributed by atoms with Crippen LogP contribution in [0.15, 0.2) is 79.0 Å². The van der Waals surface area contributed by atoms with Crippen LogP contribution in [0.25, 0.3) is 23.0 Å². The van der Waals surface area contributed by atoms with Gasteiger partial charge in [0.1, 0.15) is 5.65 Å². The molecule has 2 heterocycles. The molecule has 0 atom stereocenters. The number of fused-ring (bicyclic) bond motifs is 1. The van der Waals surface area contributed by atoms with Crippen LogP contribution in [0.3, 0.4) is 0 Å². The summed E-state index contributed by atoms with van der Waals surface area (Å²) in [6.45, 7) is 0. The molecule has 6 nitrogen and oxygen atoms in total. The quantitative estimate of drug-likeness (QED) is 0.192. The second kappa shape index (κ2) is 7.69. The molecular formula is C22H14ClN3O3. The molecule has 0 spiro atoms. The number of hydrogen-bond acceptors (Lipinski definition) is 4. The third-order valence-electron chi connectivity index (χ3n) is 4.42. The summed E-state index contributed by atoms with van der Waals surface area (Å²) < 4.78 is 1.88. The van der Waals surface area contributed by atoms with Crippen LogP contribution in [0.2, 0.25) is 5.02 Å². The summed E-state index contributed by atoms with van der Waals surface area (Å²) in [5.74, 6) is -0.332. The summed E-state index contributed by atoms with van der Waals surface area (Å²) in [4.78, 5) is 27.7. The molecule has 142 valence electrons. The van der Waals surface area contributed by atoms with Crippen molar-refractivity contribution >= 4 is 34.8 Å². The van der Waals surface area contributed by atoms with Crippen molar-refractivity contribution in [3.05, 3.63) is 105 Å². The van der Waals surface area contributed by atoms with E-state index in [0.29, 0.717) is 10.7 Å². The van der Waals surface area contributed by atoms with Crippen LogP contribution < -0.4 is 0 Å². The normalized spacial score (nSPS) is 11.2. The molecule has 0 unspecified atom stereocenters. The Balaban J connectivity index is 1.76. The maximum absolute atomic E-state index is 12.6. The SMILES string of the molecule is O=C(/C=C/c1c(-c2ccc(Cl)cc2)nc2ccccn12)c1cccc([N+](=O)[O-])c1. The molecule has 2 aromatic carbocycles. The highest BCUT2D eigenvalue weighted by Crippen LogP contribution is 2.27. The van der Waals surface area contributed by atoms with Gasteiger partial charge < -0.3 is 0 Å². The molecule has 0 saturated heterocycles. The molecular weight excluding hydrogens is 390 g/mol. The monoisotopic (exact) mass is 403 g/mol. The average Bonchev–Trinajstić information content (AvgIpc) is 3.11. The number of nitro benzene ring substituents is 1. The number of imidazole rings is 1. The van der Waals surface area contributed by atoms with Gasteiger partial charge in [0.05, 0.1) is 16.3 Å². The summed E-state index contributed by atoms with van der Waals surface area (Å²) in [6, 6.07) is 18.6. The number of halogens is 1. The fraction of sp³-hybridized carbons (Fsp3) is 0. The molecule has 0 bridgehead atoms. The molecule has 0 aliphatic carbocycles. The van der Waals surface area contributed by atoms with E-state index in [2.05, 4.69) is 4.98 Å². The van der Waals surface area contributed by atoms with E-state index < -0.39 is 4.92 Å². The van der Waals surface area contributed by atoms with E-state index in [4.69, 9.17) is 11.6 Å². The van der Waals surface area contributed by atoms with Crippen molar-refractivity contribution in [3.63, 3.8) is 0 Å². The Labute approximate surface area is 170 Å². The molecule has 0 aliphatic rings. The number of rotatable bonds is 5. The summed E-state index contributed by atoms with van der Waals surface area (Å²) in [5, 5.41) is 11.6. The van der Waals surface area contributed by atoms with Crippen molar-refractivity contribution < 1.29 is 9.72 Å². The summed E-state index contributed by atoms with van der Waals surface area (Å²) in [5.41, 5.74) is 3.15. The number of carbonyl (C=O) groups excluding carboxylic acids is 1. The minimum absolute atomic E-state index is 0.124. The fourth-order valence-corrected chi connectivity index (χ4v) is 3.14. The zero-order valence-corrected chi connectivity index (χ0v) is 15.8. The lowest BCUT2D eigenvalue weighted by Gasteiger charge is -2.01. The third kappa shape index (κ3) is 3.79. The molecule has 0 fully saturated rings. The number of non-ortho nitro benzene ring substituents is 1. The van der Waals surface area contributed by atoms with Gasteiger partial charge in [-0.2, -0.15) is 0 Å². The minimum atomic E-state index is -0.524. The Bertz CT molecular complexity index is 1260. The second-order valence-corrected chi connectivity index (χ2v) is 6.72. The van der Waals surface area contributed by atoms with Crippen LogP contribution in [0.4, 0.5) is 5.69 Å². The van der Waals surface area contributed by atoms with Crippen LogP contribution in [-0.4, -0.2) is 20.1 Å². The van der Waals surface area contributed by atoms with Crippen LogP contribution in [0.1, 0.15) is 16.1 Å². The molecule has 4 aromatic rings. The van der Waals surface area contributed by atoms with E-state index in [1.807, 2.05) is 40.9 Å². The molecule has 0 N–H and O–H groups in total. The Morgan fingerprint density at radius 2 is 1.86 bits per heavy atom. The summed E-state index contributed by atoms with van der Waals surface area (Å²) in [6.07, 6.45) is 4.93. The molecule has 0 amide bonds. The molecule has 4 rings (SSSR count). The van der Waals surface area contributed by atoms with E-state index in [1.54, 1.807) is 24.3 Å². The number of aromatic nitrogens is 2. The molecule has 0 radical (unpaired) electrons. The molecule has 2 aromatic heterocycles. The fourth-order valence-electron chi connectivity index (χ4n) is 3.02. The molecule has 0 aliphatic heterocycles. The van der Waals surface area contributed by atoms with Crippen molar-refractivity contribution in [2.24, 2.45) is 0 Å².